The molecular weight excluding hydrogens is 374 g/mol. The van der Waals surface area contributed by atoms with Crippen LogP contribution >= 0.6 is 0 Å². The van der Waals surface area contributed by atoms with E-state index in [-0.39, 0.29) is 13.1 Å². The van der Waals surface area contributed by atoms with E-state index in [1.54, 1.807) is 4.40 Å². The number of imidazole rings is 1. The first-order valence-electron chi connectivity index (χ1n) is 7.15. The highest BCUT2D eigenvalue weighted by Gasteiger charge is 2.09. The van der Waals surface area contributed by atoms with Crippen LogP contribution in [0.25, 0.3) is 27.6 Å². The van der Waals surface area contributed by atoms with E-state index in [9.17, 15) is 4.79 Å². The number of aromatic nitrogens is 3. The van der Waals surface area contributed by atoms with Gasteiger partial charge in [0.05, 0.1) is 16.6 Å². The van der Waals surface area contributed by atoms with Gasteiger partial charge in [-0.3, -0.25) is 4.79 Å². The summed E-state index contributed by atoms with van der Waals surface area (Å²) in [4.78, 5) is 28.6. The van der Waals surface area contributed by atoms with Gasteiger partial charge in [0.25, 0.3) is 5.97 Å². The molecule has 0 saturated heterocycles. The Morgan fingerprint density at radius 1 is 1.07 bits per heavy atom. The molecule has 0 atom stereocenters. The Balaban J connectivity index is 0.000000350. The van der Waals surface area contributed by atoms with Crippen LogP contribution in [0.3, 0.4) is 0 Å². The Kier molecular flexibility index (Phi) is 7.37. The third-order valence-electron chi connectivity index (χ3n) is 3.17. The molecule has 4 aromatic rings. The average Bonchev–Trinajstić information content (AvgIpc) is 2.94. The number of para-hydroxylation sites is 3. The van der Waals surface area contributed by atoms with E-state index in [1.165, 1.54) is 0 Å². The lowest BCUT2D eigenvalue weighted by molar-refractivity contribution is -0.134. The lowest BCUT2D eigenvalue weighted by Gasteiger charge is -1.99. The van der Waals surface area contributed by atoms with Crippen LogP contribution in [0, 0.1) is 0 Å². The second-order valence-corrected chi connectivity index (χ2v) is 5.37. The number of H-pyrrole nitrogens is 1. The Morgan fingerprint density at radius 2 is 1.59 bits per heavy atom. The molecule has 2 aromatic heterocycles. The van der Waals surface area contributed by atoms with Gasteiger partial charge in [0.1, 0.15) is 0 Å². The Labute approximate surface area is 155 Å². The van der Waals surface area contributed by atoms with Gasteiger partial charge in [-0.25, -0.2) is 14.2 Å². The molecule has 0 aliphatic heterocycles. The molecule has 0 amide bonds. The van der Waals surface area contributed by atoms with E-state index < -0.39 is 16.6 Å². The van der Waals surface area contributed by atoms with Gasteiger partial charge in [-0.2, -0.15) is 0 Å². The number of nitrogens with zero attached hydrogens (tertiary/aromatic N) is 2. The summed E-state index contributed by atoms with van der Waals surface area (Å²) < 4.78 is 27.0. The van der Waals surface area contributed by atoms with Gasteiger partial charge in [-0.1, -0.05) is 31.7 Å². The zero-order valence-electron chi connectivity index (χ0n) is 13.4. The van der Waals surface area contributed by atoms with Crippen LogP contribution in [0.1, 0.15) is 14.4 Å². The maximum absolute atomic E-state index is 12.1. The number of aromatic amines is 1. The van der Waals surface area contributed by atoms with E-state index >= 15 is 0 Å². The minimum absolute atomic E-state index is 0. The Hall–Kier alpha value is -3.53. The lowest BCUT2D eigenvalue weighted by atomic mass is 10.2. The maximum atomic E-state index is 12.1. The van der Waals surface area contributed by atoms with E-state index in [1.807, 2.05) is 48.5 Å². The zero-order chi connectivity index (χ0) is 19.3. The van der Waals surface area contributed by atoms with Crippen molar-refractivity contribution in [3.05, 3.63) is 59.0 Å². The standard InChI is InChI=1S/C14H9N3O.C2H4O2.CH4.O3S/c18-14-16-10-6-2-1-5-9(10)13-15-11-7-3-4-8-12(11)17(13)14;1-2(3)4;;1-4(2)3/h1-8H,(H,16,18);1H3,(H,3,4);1H4;. The topological polar surface area (TPSA) is 139 Å². The lowest BCUT2D eigenvalue weighted by Crippen LogP contribution is -2.15. The first kappa shape index (κ1) is 21.5. The molecule has 0 unspecified atom stereocenters. The van der Waals surface area contributed by atoms with Gasteiger partial charge in [0.2, 0.25) is 0 Å². The highest BCUT2D eigenvalue weighted by Crippen LogP contribution is 2.20. The predicted octanol–water partition coefficient (Wildman–Crippen LogP) is 2.05. The summed E-state index contributed by atoms with van der Waals surface area (Å²) in [6.07, 6.45) is 0. The average molecular weight is 391 g/mol. The molecule has 0 aliphatic rings. The smallest absolute Gasteiger partial charge is 0.425 e. The predicted molar refractivity (Wildman–Crippen MR) is 101 cm³/mol. The minimum atomic E-state index is -3.11. The summed E-state index contributed by atoms with van der Waals surface area (Å²) in [6, 6.07) is 15.3. The Bertz CT molecular complexity index is 1250. The molecule has 0 bridgehead atoms. The SMILES string of the molecule is C.CC(=O)O.O=S(=O)=O.O=c1[nH]c2ccccc2c2nc3ccccc3n12. The van der Waals surface area contributed by atoms with Gasteiger partial charge >= 0.3 is 16.3 Å². The maximum Gasteiger partial charge on any atom is 0.425 e. The summed E-state index contributed by atoms with van der Waals surface area (Å²) in [5.41, 5.74) is 3.03. The summed E-state index contributed by atoms with van der Waals surface area (Å²) in [6.45, 7) is 1.08. The third kappa shape index (κ3) is 5.22. The second kappa shape index (κ2) is 9.25. The van der Waals surface area contributed by atoms with Crippen molar-refractivity contribution < 1.29 is 22.5 Å². The first-order chi connectivity index (χ1) is 12.3. The summed E-state index contributed by atoms with van der Waals surface area (Å²) in [5, 5.41) is 8.37. The van der Waals surface area contributed by atoms with E-state index in [0.717, 1.165) is 28.9 Å². The summed E-state index contributed by atoms with van der Waals surface area (Å²) in [5.74, 6) is -0.833. The van der Waals surface area contributed by atoms with Gasteiger partial charge in [-0.05, 0) is 24.3 Å². The molecule has 0 aliphatic carbocycles. The van der Waals surface area contributed by atoms with E-state index in [0.29, 0.717) is 5.65 Å². The van der Waals surface area contributed by atoms with Crippen molar-refractivity contribution in [1.82, 2.24) is 14.4 Å². The number of rotatable bonds is 0. The number of carboxylic acid groups (broad SMARTS) is 1. The summed E-state index contributed by atoms with van der Waals surface area (Å²) in [7, 11) is -3.11. The van der Waals surface area contributed by atoms with Crippen molar-refractivity contribution in [3.63, 3.8) is 0 Å². The molecule has 0 saturated carbocycles. The molecule has 0 spiro atoms. The first-order valence-corrected chi connectivity index (χ1v) is 8.15. The molecule has 10 heteroatoms. The highest BCUT2D eigenvalue weighted by atomic mass is 32.2. The van der Waals surface area contributed by atoms with Crippen LogP contribution in [-0.4, -0.2) is 38.1 Å². The van der Waals surface area contributed by atoms with Crippen molar-refractivity contribution in [2.24, 2.45) is 0 Å². The van der Waals surface area contributed by atoms with Crippen LogP contribution in [0.5, 0.6) is 0 Å². The number of benzene rings is 2. The molecule has 2 N–H and O–H groups in total. The molecule has 142 valence electrons. The molecule has 2 heterocycles. The summed E-state index contributed by atoms with van der Waals surface area (Å²) >= 11 is 0. The van der Waals surface area contributed by atoms with Crippen LogP contribution in [0.2, 0.25) is 0 Å². The van der Waals surface area contributed by atoms with Gasteiger partial charge < -0.3 is 10.1 Å². The molecule has 27 heavy (non-hydrogen) atoms. The van der Waals surface area contributed by atoms with Gasteiger partial charge in [-0.15, -0.1) is 12.6 Å². The number of carboxylic acids is 1. The molecule has 2 aromatic carbocycles. The van der Waals surface area contributed by atoms with Gasteiger partial charge in [0.15, 0.2) is 5.65 Å². The molecule has 4 rings (SSSR count). The molecule has 0 fully saturated rings. The fourth-order valence-electron chi connectivity index (χ4n) is 2.37. The molecule has 9 nitrogen and oxygen atoms in total. The number of hydrogen-bond acceptors (Lipinski definition) is 6. The normalized spacial score (nSPS) is 9.52. The van der Waals surface area contributed by atoms with Crippen molar-refractivity contribution >= 4 is 44.2 Å². The fourth-order valence-corrected chi connectivity index (χ4v) is 2.37. The van der Waals surface area contributed by atoms with E-state index in [2.05, 4.69) is 9.97 Å². The number of nitrogens with one attached hydrogen (secondary N) is 1. The van der Waals surface area contributed by atoms with Crippen molar-refractivity contribution in [3.8, 4) is 0 Å². The van der Waals surface area contributed by atoms with Crippen molar-refractivity contribution in [2.75, 3.05) is 0 Å². The monoisotopic (exact) mass is 391 g/mol. The van der Waals surface area contributed by atoms with Crippen LogP contribution < -0.4 is 5.69 Å². The highest BCUT2D eigenvalue weighted by molar-refractivity contribution is 7.59. The van der Waals surface area contributed by atoms with E-state index in [4.69, 9.17) is 22.5 Å². The number of fused-ring (bicyclic) bond motifs is 5. The second-order valence-electron chi connectivity index (χ2n) is 4.96. The largest absolute Gasteiger partial charge is 0.481 e. The Morgan fingerprint density at radius 3 is 2.22 bits per heavy atom. The van der Waals surface area contributed by atoms with Crippen molar-refractivity contribution in [2.45, 2.75) is 14.4 Å². The number of carbonyl (C=O) groups is 1. The molecule has 0 radical (unpaired) electrons. The minimum Gasteiger partial charge on any atom is -0.481 e. The van der Waals surface area contributed by atoms with Crippen LogP contribution in [0.15, 0.2) is 53.3 Å². The quantitative estimate of drug-likeness (QED) is 0.468. The zero-order valence-corrected chi connectivity index (χ0v) is 14.2. The number of aliphatic carboxylic acids is 1. The van der Waals surface area contributed by atoms with Crippen LogP contribution in [0.4, 0.5) is 0 Å². The van der Waals surface area contributed by atoms with Crippen LogP contribution in [-0.2, 0) is 15.4 Å². The number of hydrogen-bond donors (Lipinski definition) is 2. The fraction of sp³-hybridized carbons (Fsp3) is 0.118. The third-order valence-corrected chi connectivity index (χ3v) is 3.17. The van der Waals surface area contributed by atoms with Crippen molar-refractivity contribution in [1.29, 1.82) is 0 Å². The van der Waals surface area contributed by atoms with Gasteiger partial charge in [0, 0.05) is 12.3 Å². The molecular formula is C17H17N3O6S.